The molecule has 148 valence electrons. The number of benzene rings is 2. The molecule has 0 aliphatic rings. The topological polar surface area (TPSA) is 34.4 Å². The van der Waals surface area contributed by atoms with Crippen LogP contribution in [0.5, 0.6) is 5.75 Å². The Bertz CT molecular complexity index is 802. The maximum absolute atomic E-state index is 5.88. The zero-order valence-corrected chi connectivity index (χ0v) is 17.2. The Balaban J connectivity index is 1.49. The van der Waals surface area contributed by atoms with E-state index < -0.39 is 0 Å². The van der Waals surface area contributed by atoms with Crippen LogP contribution in [0.1, 0.15) is 50.0 Å². The molecule has 0 aliphatic carbocycles. The summed E-state index contributed by atoms with van der Waals surface area (Å²) in [6.07, 6.45) is 3.80. The van der Waals surface area contributed by atoms with E-state index in [9.17, 15) is 0 Å². The van der Waals surface area contributed by atoms with Crippen molar-refractivity contribution >= 4 is 0 Å². The van der Waals surface area contributed by atoms with E-state index in [0.717, 1.165) is 37.4 Å². The van der Waals surface area contributed by atoms with E-state index in [-0.39, 0.29) is 5.60 Å². The van der Waals surface area contributed by atoms with Crippen LogP contribution in [0.15, 0.2) is 77.4 Å². The number of ether oxygens (including phenoxy) is 1. The largest absolute Gasteiger partial charge is 0.488 e. The maximum atomic E-state index is 5.88. The van der Waals surface area contributed by atoms with Crippen molar-refractivity contribution in [1.82, 2.24) is 5.32 Å². The Labute approximate surface area is 168 Å². The molecule has 1 N–H and O–H groups in total. The highest BCUT2D eigenvalue weighted by atomic mass is 16.5. The zero-order chi connectivity index (χ0) is 19.8. The van der Waals surface area contributed by atoms with Crippen molar-refractivity contribution in [2.24, 2.45) is 0 Å². The summed E-state index contributed by atoms with van der Waals surface area (Å²) < 4.78 is 11.6. The molecule has 0 bridgehead atoms. The van der Waals surface area contributed by atoms with Crippen molar-refractivity contribution in [2.45, 2.75) is 51.7 Å². The van der Waals surface area contributed by atoms with E-state index in [4.69, 9.17) is 9.15 Å². The maximum Gasteiger partial charge on any atom is 0.120 e. The SMILES string of the molecule is CC(C)(C)Oc1ccc(CNCCC(Cc2ccccc2)c2ccco2)cc1. The summed E-state index contributed by atoms with van der Waals surface area (Å²) in [5, 5.41) is 3.57. The van der Waals surface area contributed by atoms with Gasteiger partial charge in [-0.05, 0) is 75.5 Å². The second kappa shape index (κ2) is 9.61. The lowest BCUT2D eigenvalue weighted by Gasteiger charge is -2.21. The molecule has 1 unspecified atom stereocenters. The summed E-state index contributed by atoms with van der Waals surface area (Å²) in [7, 11) is 0. The van der Waals surface area contributed by atoms with Crippen LogP contribution in [0, 0.1) is 0 Å². The zero-order valence-electron chi connectivity index (χ0n) is 17.2. The second-order valence-electron chi connectivity index (χ2n) is 8.23. The van der Waals surface area contributed by atoms with Crippen molar-refractivity contribution in [3.05, 3.63) is 89.9 Å². The van der Waals surface area contributed by atoms with E-state index in [0.29, 0.717) is 5.92 Å². The Morgan fingerprint density at radius 1 is 0.893 bits per heavy atom. The molecule has 0 radical (unpaired) electrons. The summed E-state index contributed by atoms with van der Waals surface area (Å²) in [5.74, 6) is 2.36. The first-order valence-corrected chi connectivity index (χ1v) is 10.1. The third-order valence-corrected chi connectivity index (χ3v) is 4.62. The van der Waals surface area contributed by atoms with Gasteiger partial charge in [0, 0.05) is 12.5 Å². The molecule has 0 saturated heterocycles. The fourth-order valence-electron chi connectivity index (χ4n) is 3.31. The summed E-state index contributed by atoms with van der Waals surface area (Å²) in [6.45, 7) is 7.98. The lowest BCUT2D eigenvalue weighted by atomic mass is 9.94. The van der Waals surface area contributed by atoms with Crippen molar-refractivity contribution in [1.29, 1.82) is 0 Å². The fraction of sp³-hybridized carbons (Fsp3) is 0.360. The molecule has 0 aliphatic heterocycles. The van der Waals surface area contributed by atoms with Crippen LogP contribution < -0.4 is 10.1 Å². The average molecular weight is 378 g/mol. The Kier molecular flexibility index (Phi) is 6.94. The summed E-state index contributed by atoms with van der Waals surface area (Å²) in [5.41, 5.74) is 2.44. The molecule has 0 saturated carbocycles. The molecule has 0 amide bonds. The predicted molar refractivity (Wildman–Crippen MR) is 115 cm³/mol. The summed E-state index contributed by atoms with van der Waals surface area (Å²) >= 11 is 0. The number of hydrogen-bond acceptors (Lipinski definition) is 3. The molecule has 0 spiro atoms. The highest BCUT2D eigenvalue weighted by Crippen LogP contribution is 2.24. The van der Waals surface area contributed by atoms with Crippen molar-refractivity contribution in [2.75, 3.05) is 6.54 Å². The molecular formula is C25H31NO2. The third kappa shape index (κ3) is 6.58. The molecule has 3 heteroatoms. The molecular weight excluding hydrogens is 346 g/mol. The Morgan fingerprint density at radius 2 is 1.64 bits per heavy atom. The molecule has 1 atom stereocenters. The minimum Gasteiger partial charge on any atom is -0.488 e. The van der Waals surface area contributed by atoms with Crippen LogP contribution in [-0.4, -0.2) is 12.1 Å². The van der Waals surface area contributed by atoms with E-state index in [1.54, 1.807) is 6.26 Å². The second-order valence-corrected chi connectivity index (χ2v) is 8.23. The lowest BCUT2D eigenvalue weighted by Crippen LogP contribution is -2.23. The van der Waals surface area contributed by atoms with Gasteiger partial charge in [-0.1, -0.05) is 42.5 Å². The van der Waals surface area contributed by atoms with Gasteiger partial charge < -0.3 is 14.5 Å². The van der Waals surface area contributed by atoms with Gasteiger partial charge in [-0.3, -0.25) is 0 Å². The number of hydrogen-bond donors (Lipinski definition) is 1. The summed E-state index contributed by atoms with van der Waals surface area (Å²) in [6, 6.07) is 23.0. The van der Waals surface area contributed by atoms with Gasteiger partial charge >= 0.3 is 0 Å². The Morgan fingerprint density at radius 3 is 2.29 bits per heavy atom. The molecule has 0 fully saturated rings. The van der Waals surface area contributed by atoms with Crippen LogP contribution in [0.3, 0.4) is 0 Å². The predicted octanol–water partition coefficient (Wildman–Crippen LogP) is 5.96. The molecule has 3 rings (SSSR count). The standard InChI is InChI=1S/C25H31NO2/c1-25(2,3)28-23-13-11-21(12-14-23)19-26-16-15-22(24-10-7-17-27-24)18-20-8-5-4-6-9-20/h4-14,17,22,26H,15-16,18-19H2,1-3H3. The van der Waals surface area contributed by atoms with Gasteiger partial charge in [0.2, 0.25) is 0 Å². The number of nitrogens with one attached hydrogen (secondary N) is 1. The van der Waals surface area contributed by atoms with E-state index in [2.05, 4.69) is 74.6 Å². The third-order valence-electron chi connectivity index (χ3n) is 4.62. The minimum atomic E-state index is -0.167. The molecule has 3 nitrogen and oxygen atoms in total. The van der Waals surface area contributed by atoms with Gasteiger partial charge in [-0.2, -0.15) is 0 Å². The smallest absolute Gasteiger partial charge is 0.120 e. The molecule has 2 aromatic carbocycles. The quantitative estimate of drug-likeness (QED) is 0.467. The van der Waals surface area contributed by atoms with Gasteiger partial charge in [-0.15, -0.1) is 0 Å². The van der Waals surface area contributed by atoms with Crippen molar-refractivity contribution in [3.63, 3.8) is 0 Å². The molecule has 1 heterocycles. The van der Waals surface area contributed by atoms with Crippen molar-refractivity contribution < 1.29 is 9.15 Å². The van der Waals surface area contributed by atoms with Gasteiger partial charge in [0.15, 0.2) is 0 Å². The summed E-state index contributed by atoms with van der Waals surface area (Å²) in [4.78, 5) is 0. The highest BCUT2D eigenvalue weighted by Gasteiger charge is 2.15. The van der Waals surface area contributed by atoms with E-state index in [1.807, 2.05) is 18.2 Å². The van der Waals surface area contributed by atoms with Gasteiger partial charge in [0.05, 0.1) is 6.26 Å². The van der Waals surface area contributed by atoms with Crippen LogP contribution in [0.25, 0.3) is 0 Å². The van der Waals surface area contributed by atoms with Crippen molar-refractivity contribution in [3.8, 4) is 5.75 Å². The van der Waals surface area contributed by atoms with E-state index in [1.165, 1.54) is 11.1 Å². The first-order chi connectivity index (χ1) is 13.5. The number of rotatable bonds is 9. The first-order valence-electron chi connectivity index (χ1n) is 10.1. The minimum absolute atomic E-state index is 0.167. The Hall–Kier alpha value is -2.52. The molecule has 3 aromatic rings. The van der Waals surface area contributed by atoms with Crippen LogP contribution in [0.2, 0.25) is 0 Å². The van der Waals surface area contributed by atoms with Gasteiger partial charge in [0.25, 0.3) is 0 Å². The molecule has 1 aromatic heterocycles. The average Bonchev–Trinajstić information content (AvgIpc) is 3.20. The normalized spacial score (nSPS) is 12.7. The van der Waals surface area contributed by atoms with Gasteiger partial charge in [0.1, 0.15) is 17.1 Å². The monoisotopic (exact) mass is 377 g/mol. The van der Waals surface area contributed by atoms with E-state index >= 15 is 0 Å². The van der Waals surface area contributed by atoms with Gasteiger partial charge in [-0.25, -0.2) is 0 Å². The van der Waals surface area contributed by atoms with Crippen LogP contribution in [0.4, 0.5) is 0 Å². The fourth-order valence-corrected chi connectivity index (χ4v) is 3.31. The highest BCUT2D eigenvalue weighted by molar-refractivity contribution is 5.27. The lowest BCUT2D eigenvalue weighted by molar-refractivity contribution is 0.131. The first kappa shape index (κ1) is 20.2. The van der Waals surface area contributed by atoms with Crippen LogP contribution in [-0.2, 0) is 13.0 Å². The van der Waals surface area contributed by atoms with Crippen LogP contribution >= 0.6 is 0 Å². The number of furan rings is 1. The molecule has 28 heavy (non-hydrogen) atoms.